The molecule has 2 aromatic rings. The Kier molecular flexibility index (Phi) is 5.25. The zero-order valence-corrected chi connectivity index (χ0v) is 14.1. The maximum Gasteiger partial charge on any atom is 0.338 e. The number of benzene rings is 2. The van der Waals surface area contributed by atoms with E-state index < -0.39 is 24.3 Å². The van der Waals surface area contributed by atoms with Gasteiger partial charge < -0.3 is 10.1 Å². The van der Waals surface area contributed by atoms with Crippen LogP contribution in [0.5, 0.6) is 0 Å². The van der Waals surface area contributed by atoms with Crippen molar-refractivity contribution in [3.05, 3.63) is 59.9 Å². The van der Waals surface area contributed by atoms with Gasteiger partial charge in [0, 0.05) is 18.5 Å². The summed E-state index contributed by atoms with van der Waals surface area (Å²) >= 11 is 0. The number of esters is 1. The average molecular weight is 370 g/mol. The largest absolute Gasteiger partial charge is 0.452 e. The van der Waals surface area contributed by atoms with Crippen LogP contribution >= 0.6 is 0 Å². The molecule has 0 unspecified atom stereocenters. The van der Waals surface area contributed by atoms with E-state index in [0.717, 1.165) is 11.0 Å². The lowest BCUT2D eigenvalue weighted by Gasteiger charge is -2.14. The first kappa shape index (κ1) is 18.2. The molecule has 3 rings (SSSR count). The van der Waals surface area contributed by atoms with Crippen LogP contribution in [0.4, 0.5) is 15.8 Å². The van der Waals surface area contributed by atoms with Crippen molar-refractivity contribution in [2.24, 2.45) is 0 Å². The molecule has 1 fully saturated rings. The topological polar surface area (TPSA) is 92.8 Å². The van der Waals surface area contributed by atoms with E-state index in [4.69, 9.17) is 4.74 Å². The Hall–Kier alpha value is -3.55. The first-order valence-corrected chi connectivity index (χ1v) is 8.12. The van der Waals surface area contributed by atoms with Crippen molar-refractivity contribution in [2.45, 2.75) is 12.8 Å². The minimum atomic E-state index is -0.741. The van der Waals surface area contributed by atoms with Gasteiger partial charge in [-0.2, -0.15) is 0 Å². The molecule has 0 bridgehead atoms. The number of rotatable bonds is 5. The van der Waals surface area contributed by atoms with E-state index in [9.17, 15) is 23.6 Å². The molecule has 138 valence electrons. The fraction of sp³-hybridized carbons (Fsp3) is 0.158. The number of amides is 3. The predicted molar refractivity (Wildman–Crippen MR) is 93.5 cm³/mol. The van der Waals surface area contributed by atoms with Gasteiger partial charge in [0.15, 0.2) is 6.61 Å². The second-order valence-electron chi connectivity index (χ2n) is 5.80. The van der Waals surface area contributed by atoms with Crippen LogP contribution in [-0.4, -0.2) is 30.3 Å². The van der Waals surface area contributed by atoms with E-state index in [1.54, 1.807) is 0 Å². The Morgan fingerprint density at radius 3 is 2.33 bits per heavy atom. The van der Waals surface area contributed by atoms with Gasteiger partial charge in [0.2, 0.25) is 11.8 Å². The summed E-state index contributed by atoms with van der Waals surface area (Å²) in [5.41, 5.74) is 0.791. The van der Waals surface area contributed by atoms with Gasteiger partial charge in [-0.05, 0) is 42.5 Å². The summed E-state index contributed by atoms with van der Waals surface area (Å²) in [6.07, 6.45) is 0.339. The lowest BCUT2D eigenvalue weighted by Crippen LogP contribution is -2.28. The molecule has 27 heavy (non-hydrogen) atoms. The first-order valence-electron chi connectivity index (χ1n) is 8.12. The zero-order chi connectivity index (χ0) is 19.4. The highest BCUT2D eigenvalue weighted by molar-refractivity contribution is 6.19. The number of ether oxygens (including phenoxy) is 1. The van der Waals surface area contributed by atoms with Crippen molar-refractivity contribution in [3.63, 3.8) is 0 Å². The number of carbonyl (C=O) groups excluding carboxylic acids is 4. The van der Waals surface area contributed by atoms with Gasteiger partial charge in [-0.25, -0.2) is 9.18 Å². The van der Waals surface area contributed by atoms with E-state index >= 15 is 0 Å². The molecular formula is C19H15FN2O5. The summed E-state index contributed by atoms with van der Waals surface area (Å²) < 4.78 is 18.0. The second-order valence-corrected chi connectivity index (χ2v) is 5.80. The van der Waals surface area contributed by atoms with E-state index in [1.807, 2.05) is 0 Å². The number of imide groups is 1. The number of hydrogen-bond donors (Lipinski definition) is 1. The molecule has 1 aliphatic heterocycles. The molecule has 1 heterocycles. The number of nitrogens with zero attached hydrogens (tertiary/aromatic N) is 1. The minimum absolute atomic E-state index is 0.163. The van der Waals surface area contributed by atoms with E-state index in [0.29, 0.717) is 5.69 Å². The van der Waals surface area contributed by atoms with Gasteiger partial charge in [-0.1, -0.05) is 6.07 Å². The molecule has 3 amide bonds. The summed E-state index contributed by atoms with van der Waals surface area (Å²) in [4.78, 5) is 48.2. The first-order chi connectivity index (χ1) is 12.9. The monoisotopic (exact) mass is 370 g/mol. The summed E-state index contributed by atoms with van der Waals surface area (Å²) in [6.45, 7) is -0.541. The van der Waals surface area contributed by atoms with Gasteiger partial charge in [-0.15, -0.1) is 0 Å². The number of hydrogen-bond acceptors (Lipinski definition) is 5. The van der Waals surface area contributed by atoms with Crippen LogP contribution in [0.15, 0.2) is 48.5 Å². The maximum absolute atomic E-state index is 13.1. The van der Waals surface area contributed by atoms with Crippen molar-refractivity contribution < 1.29 is 28.3 Å². The smallest absolute Gasteiger partial charge is 0.338 e. The summed E-state index contributed by atoms with van der Waals surface area (Å²) in [7, 11) is 0. The van der Waals surface area contributed by atoms with Crippen LogP contribution in [0.2, 0.25) is 0 Å². The fourth-order valence-corrected chi connectivity index (χ4v) is 2.59. The van der Waals surface area contributed by atoms with E-state index in [1.165, 1.54) is 42.5 Å². The van der Waals surface area contributed by atoms with Crippen molar-refractivity contribution in [2.75, 3.05) is 16.8 Å². The molecular weight excluding hydrogens is 355 g/mol. The van der Waals surface area contributed by atoms with Gasteiger partial charge >= 0.3 is 5.97 Å². The lowest BCUT2D eigenvalue weighted by molar-refractivity contribution is -0.121. The molecule has 0 radical (unpaired) electrons. The number of halogens is 1. The standard InChI is InChI=1S/C19H15FN2O5/c20-13-2-1-3-14(10-13)21-16(23)11-27-19(26)12-4-6-15(7-5-12)22-17(24)8-9-18(22)25/h1-7,10H,8-9,11H2,(H,21,23). The Balaban J connectivity index is 1.56. The van der Waals surface area contributed by atoms with Gasteiger partial charge in [0.05, 0.1) is 11.3 Å². The van der Waals surface area contributed by atoms with E-state index in [-0.39, 0.29) is 35.9 Å². The SMILES string of the molecule is O=C(COC(=O)c1ccc(N2C(=O)CCC2=O)cc1)Nc1cccc(F)c1. The normalized spacial score (nSPS) is 13.6. The molecule has 1 N–H and O–H groups in total. The van der Waals surface area contributed by atoms with Crippen LogP contribution in [-0.2, 0) is 19.1 Å². The van der Waals surface area contributed by atoms with Crippen LogP contribution in [0.25, 0.3) is 0 Å². The molecule has 0 aromatic heterocycles. The molecule has 1 saturated heterocycles. The third-order valence-electron chi connectivity index (χ3n) is 3.86. The van der Waals surface area contributed by atoms with Gasteiger partial charge in [0.1, 0.15) is 5.82 Å². The van der Waals surface area contributed by atoms with Crippen LogP contribution in [0, 0.1) is 5.82 Å². The van der Waals surface area contributed by atoms with Crippen molar-refractivity contribution >= 4 is 35.1 Å². The van der Waals surface area contributed by atoms with Crippen molar-refractivity contribution in [1.29, 1.82) is 0 Å². The molecule has 0 saturated carbocycles. The zero-order valence-electron chi connectivity index (χ0n) is 14.1. The lowest BCUT2D eigenvalue weighted by atomic mass is 10.2. The van der Waals surface area contributed by atoms with Crippen LogP contribution in [0.3, 0.4) is 0 Å². The highest BCUT2D eigenvalue weighted by atomic mass is 19.1. The van der Waals surface area contributed by atoms with Crippen LogP contribution < -0.4 is 10.2 Å². The molecule has 0 spiro atoms. The molecule has 1 aliphatic rings. The molecule has 8 heteroatoms. The molecule has 0 atom stereocenters. The summed E-state index contributed by atoms with van der Waals surface area (Å²) in [6, 6.07) is 11.1. The number of nitrogens with one attached hydrogen (secondary N) is 1. The quantitative estimate of drug-likeness (QED) is 0.644. The van der Waals surface area contributed by atoms with Crippen LogP contribution in [0.1, 0.15) is 23.2 Å². The third-order valence-corrected chi connectivity index (χ3v) is 3.86. The van der Waals surface area contributed by atoms with E-state index in [2.05, 4.69) is 5.32 Å². The third kappa shape index (κ3) is 4.35. The fourth-order valence-electron chi connectivity index (χ4n) is 2.59. The van der Waals surface area contributed by atoms with Crippen molar-refractivity contribution in [1.82, 2.24) is 0 Å². The number of carbonyl (C=O) groups is 4. The molecule has 7 nitrogen and oxygen atoms in total. The summed E-state index contributed by atoms with van der Waals surface area (Å²) in [5.74, 6) is -2.43. The minimum Gasteiger partial charge on any atom is -0.452 e. The van der Waals surface area contributed by atoms with Crippen molar-refractivity contribution in [3.8, 4) is 0 Å². The summed E-state index contributed by atoms with van der Waals surface area (Å²) in [5, 5.41) is 2.41. The Morgan fingerprint density at radius 1 is 1.04 bits per heavy atom. The number of anilines is 2. The molecule has 0 aliphatic carbocycles. The van der Waals surface area contributed by atoms with Gasteiger partial charge in [0.25, 0.3) is 5.91 Å². The average Bonchev–Trinajstić information content (AvgIpc) is 2.98. The van der Waals surface area contributed by atoms with Gasteiger partial charge in [-0.3, -0.25) is 19.3 Å². The predicted octanol–water partition coefficient (Wildman–Crippen LogP) is 2.27. The Labute approximate surface area is 153 Å². The highest BCUT2D eigenvalue weighted by Crippen LogP contribution is 2.23. The Morgan fingerprint density at radius 2 is 1.70 bits per heavy atom. The maximum atomic E-state index is 13.1. The Bertz CT molecular complexity index is 895. The molecule has 2 aromatic carbocycles. The highest BCUT2D eigenvalue weighted by Gasteiger charge is 2.30. The second kappa shape index (κ2) is 7.77.